The minimum atomic E-state index is -5.13. The van der Waals surface area contributed by atoms with Crippen LogP contribution in [0.4, 0.5) is 21.8 Å². The van der Waals surface area contributed by atoms with E-state index in [4.69, 9.17) is 45.0 Å². The Labute approximate surface area is 256 Å². The second-order valence-corrected chi connectivity index (χ2v) is 13.8. The van der Waals surface area contributed by atoms with E-state index in [2.05, 4.69) is 24.9 Å². The van der Waals surface area contributed by atoms with Crippen molar-refractivity contribution in [2.45, 2.75) is 49.1 Å². The van der Waals surface area contributed by atoms with Crippen LogP contribution in [0, 0.1) is 0 Å². The lowest BCUT2D eigenvalue weighted by Gasteiger charge is -2.26. The largest absolute Gasteiger partial charge is 0.472 e. The summed E-state index contributed by atoms with van der Waals surface area (Å²) in [7, 11) is -9.75. The normalized spacial score (nSPS) is 37.4. The van der Waals surface area contributed by atoms with E-state index in [0.29, 0.717) is 11.2 Å². The summed E-state index contributed by atoms with van der Waals surface area (Å²) < 4.78 is 77.3. The number of phosphoric ester groups is 1. The first-order chi connectivity index (χ1) is 21.8. The molecule has 0 amide bonds. The molecule has 4 aromatic heterocycles. The molecule has 248 valence electrons. The Morgan fingerprint density at radius 3 is 2.37 bits per heavy atom. The number of pyridine rings is 1. The van der Waals surface area contributed by atoms with Gasteiger partial charge in [0.15, 0.2) is 35.7 Å². The molecule has 3 aliphatic rings. The van der Waals surface area contributed by atoms with Crippen molar-refractivity contribution in [2.24, 2.45) is 0 Å². The first-order valence-corrected chi connectivity index (χ1v) is 16.8. The van der Waals surface area contributed by atoms with Crippen LogP contribution in [0.25, 0.3) is 22.3 Å². The number of hydrogen-bond acceptors (Lipinski definition) is 17. The number of aliphatic hydroxyl groups is 1. The number of phosphoric acid groups is 1. The summed E-state index contributed by atoms with van der Waals surface area (Å²) in [5.74, 6) is -0.344. The molecule has 0 saturated carbocycles. The van der Waals surface area contributed by atoms with Gasteiger partial charge in [-0.15, -0.1) is 0 Å². The van der Waals surface area contributed by atoms with Gasteiger partial charge in [-0.1, -0.05) is 0 Å². The highest BCUT2D eigenvalue weighted by molar-refractivity contribution is 7.52. The molecule has 10 atom stereocenters. The molecule has 2 bridgehead atoms. The van der Waals surface area contributed by atoms with E-state index >= 15 is 4.39 Å². The summed E-state index contributed by atoms with van der Waals surface area (Å²) in [6, 6.07) is 1.52. The quantitative estimate of drug-likeness (QED) is 0.146. The third-order valence-electron chi connectivity index (χ3n) is 7.61. The molecular formula is C22H27FN10O11P2. The van der Waals surface area contributed by atoms with Gasteiger partial charge >= 0.3 is 15.4 Å². The highest BCUT2D eigenvalue weighted by Gasteiger charge is 2.53. The molecule has 4 unspecified atom stereocenters. The first kappa shape index (κ1) is 31.2. The van der Waals surface area contributed by atoms with Crippen molar-refractivity contribution in [1.82, 2.24) is 34.1 Å². The van der Waals surface area contributed by atoms with Crippen molar-refractivity contribution in [3.63, 3.8) is 0 Å². The average molecular weight is 688 g/mol. The number of rotatable bonds is 2. The molecule has 3 aliphatic heterocycles. The number of aliphatic hydroxyl groups excluding tert-OH is 1. The Hall–Kier alpha value is -3.40. The maximum Gasteiger partial charge on any atom is 0.472 e. The highest BCUT2D eigenvalue weighted by Crippen LogP contribution is 2.52. The number of aromatic nitrogens is 7. The smallest absolute Gasteiger partial charge is 0.397 e. The molecule has 9 N–H and O–H groups in total. The summed E-state index contributed by atoms with van der Waals surface area (Å²) in [5, 5.41) is 11.2. The predicted molar refractivity (Wildman–Crippen MR) is 151 cm³/mol. The van der Waals surface area contributed by atoms with Gasteiger partial charge in [0.1, 0.15) is 47.9 Å². The molecule has 0 aromatic carbocycles. The maximum absolute atomic E-state index is 15.8. The zero-order chi connectivity index (χ0) is 32.5. The molecule has 0 aliphatic carbocycles. The van der Waals surface area contributed by atoms with Crippen LogP contribution in [0.1, 0.15) is 12.5 Å². The topological polar surface area (TPSA) is 303 Å². The number of nitrogens with two attached hydrogens (primary N) is 3. The van der Waals surface area contributed by atoms with Gasteiger partial charge in [0.25, 0.3) is 0 Å². The second kappa shape index (κ2) is 11.4. The van der Waals surface area contributed by atoms with Gasteiger partial charge in [-0.05, 0) is 6.07 Å². The maximum atomic E-state index is 15.8. The Morgan fingerprint density at radius 2 is 1.59 bits per heavy atom. The molecular weight excluding hydrogens is 661 g/mol. The molecule has 24 heteroatoms. The zero-order valence-electron chi connectivity index (χ0n) is 23.3. The number of nitrogen functional groups attached to an aromatic ring is 3. The Morgan fingerprint density at radius 1 is 0.891 bits per heavy atom. The van der Waals surface area contributed by atoms with Gasteiger partial charge in [0.2, 0.25) is 5.95 Å². The molecule has 46 heavy (non-hydrogen) atoms. The van der Waals surface area contributed by atoms with Gasteiger partial charge in [-0.3, -0.25) is 22.7 Å². The third-order valence-corrected chi connectivity index (χ3v) is 9.62. The number of imidazole rings is 2. The van der Waals surface area contributed by atoms with Gasteiger partial charge in [0.05, 0.1) is 31.6 Å². The molecule has 3 fully saturated rings. The summed E-state index contributed by atoms with van der Waals surface area (Å²) in [6.45, 7) is -1.58. The van der Waals surface area contributed by atoms with Crippen LogP contribution >= 0.6 is 15.4 Å². The lowest BCUT2D eigenvalue weighted by atomic mass is 10.1. The summed E-state index contributed by atoms with van der Waals surface area (Å²) in [6.07, 6.45) is -9.88. The Bertz CT molecular complexity index is 1900. The van der Waals surface area contributed by atoms with Crippen LogP contribution in [0.15, 0.2) is 24.9 Å². The minimum Gasteiger partial charge on any atom is -0.397 e. The van der Waals surface area contributed by atoms with Gasteiger partial charge in [-0.2, -0.15) is 9.97 Å². The van der Waals surface area contributed by atoms with E-state index in [1.165, 1.54) is 23.2 Å². The monoisotopic (exact) mass is 688 g/mol. The van der Waals surface area contributed by atoms with Gasteiger partial charge < -0.3 is 50.8 Å². The fourth-order valence-electron chi connectivity index (χ4n) is 5.50. The number of anilines is 3. The number of halogens is 1. The van der Waals surface area contributed by atoms with Crippen LogP contribution in [-0.4, -0.2) is 105 Å². The van der Waals surface area contributed by atoms with E-state index in [1.807, 2.05) is 0 Å². The number of fused-ring (bicyclic) bond motifs is 5. The lowest BCUT2D eigenvalue weighted by Crippen LogP contribution is -2.37. The number of nitrogens with zero attached hydrogens (tertiary/aromatic N) is 7. The van der Waals surface area contributed by atoms with E-state index in [9.17, 15) is 24.0 Å². The standard InChI is InChI=1S/C22H27FN10O11P2/c23-11-9-3-40-45(35,36)7-39-15-10(43-20(14(15)34)32-5-28-12-8(24)1-2-27-18(12)32)4-41-46(37,38)44-16(11)21(42-9)33-6-29-13-17(25)30-22(26)31-19(13)33/h1-2,5-6,9-11,14-16,20-21,34H,3-4,7H2,(H2,24,27)(H,35,36)(H,37,38)(H4,25,26,30,31)/t9-,10-,11+,14?,15+,16?,20-,21-/m1/s1. The van der Waals surface area contributed by atoms with Crippen LogP contribution in [-0.2, 0) is 36.9 Å². The lowest BCUT2D eigenvalue weighted by molar-refractivity contribution is -0.0624. The van der Waals surface area contributed by atoms with E-state index in [1.54, 1.807) is 0 Å². The fourth-order valence-corrected chi connectivity index (χ4v) is 7.24. The zero-order valence-corrected chi connectivity index (χ0v) is 25.1. The molecule has 3 saturated heterocycles. The van der Waals surface area contributed by atoms with Crippen LogP contribution in [0.5, 0.6) is 0 Å². The second-order valence-electron chi connectivity index (χ2n) is 10.6. The van der Waals surface area contributed by atoms with E-state index in [0.717, 1.165) is 10.9 Å². The summed E-state index contributed by atoms with van der Waals surface area (Å²) >= 11 is 0. The molecule has 7 rings (SSSR count). The minimum absolute atomic E-state index is 0.0179. The average Bonchev–Trinajstić information content (AvgIpc) is 3.75. The van der Waals surface area contributed by atoms with Gasteiger partial charge in [-0.25, -0.2) is 23.9 Å². The summed E-state index contributed by atoms with van der Waals surface area (Å²) in [4.78, 5) is 41.6. The molecule has 0 radical (unpaired) electrons. The predicted octanol–water partition coefficient (Wildman–Crippen LogP) is -0.428. The van der Waals surface area contributed by atoms with E-state index < -0.39 is 84.1 Å². The van der Waals surface area contributed by atoms with Crippen molar-refractivity contribution >= 4 is 55.2 Å². The van der Waals surface area contributed by atoms with Gasteiger partial charge in [0, 0.05) is 6.20 Å². The number of hydrogen-bond donors (Lipinski definition) is 6. The van der Waals surface area contributed by atoms with Crippen LogP contribution in [0.3, 0.4) is 0 Å². The van der Waals surface area contributed by atoms with Crippen molar-refractivity contribution < 1.29 is 56.2 Å². The molecule has 0 spiro atoms. The fraction of sp³-hybridized carbons (Fsp3) is 0.500. The third kappa shape index (κ3) is 5.50. The van der Waals surface area contributed by atoms with Crippen LogP contribution in [0.2, 0.25) is 0 Å². The summed E-state index contributed by atoms with van der Waals surface area (Å²) in [5.41, 5.74) is 18.4. The van der Waals surface area contributed by atoms with Crippen molar-refractivity contribution in [2.75, 3.05) is 36.8 Å². The molecule has 7 heterocycles. The van der Waals surface area contributed by atoms with Crippen molar-refractivity contribution in [3.8, 4) is 0 Å². The number of alkyl halides is 1. The molecule has 4 aromatic rings. The molecule has 21 nitrogen and oxygen atoms in total. The Kier molecular flexibility index (Phi) is 7.73. The van der Waals surface area contributed by atoms with Crippen LogP contribution < -0.4 is 17.2 Å². The van der Waals surface area contributed by atoms with Crippen molar-refractivity contribution in [3.05, 3.63) is 24.9 Å². The first-order valence-electron chi connectivity index (χ1n) is 13.5. The number of ether oxygens (including phenoxy) is 3. The SMILES string of the molecule is Nc1nc(N)c2ncn([C@@H]3O[C@@H]4COP(=O)(O)CO[C@@H]5C(O)[C@H](n6cnc7c(N)ccnc76)O[C@@H]5COP(=O)(O)OC3[C@H]4F)c2n1. The Balaban J connectivity index is 1.20. The van der Waals surface area contributed by atoms with E-state index in [-0.39, 0.29) is 28.6 Å². The highest BCUT2D eigenvalue weighted by atomic mass is 31.2. The van der Waals surface area contributed by atoms with Crippen molar-refractivity contribution in [1.29, 1.82) is 0 Å².